The number of hydrogen-bond donors (Lipinski definition) is 2. The van der Waals surface area contributed by atoms with Crippen molar-refractivity contribution in [3.63, 3.8) is 0 Å². The number of carbonyl (C=O) groups excluding carboxylic acids is 1. The first-order chi connectivity index (χ1) is 13.3. The SMILES string of the molecule is COc1cc2c(cc1OC)[C@@H](CC(=O)O)N(C(=O)c1ccc(C)[nH]c1=O)CC2. The van der Waals surface area contributed by atoms with Gasteiger partial charge < -0.3 is 24.5 Å². The van der Waals surface area contributed by atoms with Gasteiger partial charge in [-0.25, -0.2) is 0 Å². The Labute approximate surface area is 161 Å². The second-order valence-corrected chi connectivity index (χ2v) is 6.65. The Kier molecular flexibility index (Phi) is 5.39. The first-order valence-corrected chi connectivity index (χ1v) is 8.83. The Morgan fingerprint density at radius 2 is 1.89 bits per heavy atom. The highest BCUT2D eigenvalue weighted by Crippen LogP contribution is 2.39. The van der Waals surface area contributed by atoms with Gasteiger partial charge in [0, 0.05) is 12.2 Å². The van der Waals surface area contributed by atoms with Gasteiger partial charge >= 0.3 is 5.97 Å². The zero-order valence-corrected chi connectivity index (χ0v) is 15.9. The molecule has 1 aromatic heterocycles. The molecule has 1 aromatic carbocycles. The van der Waals surface area contributed by atoms with Gasteiger partial charge in [0.25, 0.3) is 11.5 Å². The monoisotopic (exact) mass is 386 g/mol. The van der Waals surface area contributed by atoms with E-state index in [2.05, 4.69) is 4.98 Å². The largest absolute Gasteiger partial charge is 0.493 e. The lowest BCUT2D eigenvalue weighted by Crippen LogP contribution is -2.42. The van der Waals surface area contributed by atoms with E-state index in [0.717, 1.165) is 5.56 Å². The Hall–Kier alpha value is -3.29. The first kappa shape index (κ1) is 19.5. The molecule has 2 heterocycles. The molecule has 2 N–H and O–H groups in total. The molecule has 1 aliphatic rings. The van der Waals surface area contributed by atoms with Gasteiger partial charge in [-0.15, -0.1) is 0 Å². The number of nitrogens with zero attached hydrogens (tertiary/aromatic N) is 1. The van der Waals surface area contributed by atoms with E-state index in [9.17, 15) is 19.5 Å². The number of carboxylic acids is 1. The van der Waals surface area contributed by atoms with Gasteiger partial charge in [0.05, 0.1) is 26.7 Å². The van der Waals surface area contributed by atoms with Crippen LogP contribution in [0.15, 0.2) is 29.1 Å². The summed E-state index contributed by atoms with van der Waals surface area (Å²) < 4.78 is 10.7. The van der Waals surface area contributed by atoms with Crippen molar-refractivity contribution in [3.05, 3.63) is 57.0 Å². The van der Waals surface area contributed by atoms with Gasteiger partial charge in [0.15, 0.2) is 11.5 Å². The molecule has 0 saturated heterocycles. The predicted octanol–water partition coefficient (Wildman–Crippen LogP) is 1.91. The van der Waals surface area contributed by atoms with Crippen LogP contribution < -0.4 is 15.0 Å². The molecule has 0 spiro atoms. The Bertz CT molecular complexity index is 981. The summed E-state index contributed by atoms with van der Waals surface area (Å²) in [7, 11) is 3.02. The number of aromatic nitrogens is 1. The van der Waals surface area contributed by atoms with Crippen molar-refractivity contribution in [2.75, 3.05) is 20.8 Å². The van der Waals surface area contributed by atoms with Crippen LogP contribution in [0.1, 0.15) is 39.6 Å². The highest BCUT2D eigenvalue weighted by molar-refractivity contribution is 5.94. The average molecular weight is 386 g/mol. The van der Waals surface area contributed by atoms with E-state index in [1.54, 1.807) is 19.1 Å². The summed E-state index contributed by atoms with van der Waals surface area (Å²) in [5.74, 6) is -0.527. The lowest BCUT2D eigenvalue weighted by molar-refractivity contribution is -0.138. The molecule has 148 valence electrons. The Balaban J connectivity index is 2.07. The van der Waals surface area contributed by atoms with Gasteiger partial charge in [-0.05, 0) is 48.7 Å². The molecule has 1 amide bonds. The second-order valence-electron chi connectivity index (χ2n) is 6.65. The summed E-state index contributed by atoms with van der Waals surface area (Å²) in [5.41, 5.74) is 1.72. The fraction of sp³-hybridized carbons (Fsp3) is 0.350. The van der Waals surface area contributed by atoms with Crippen molar-refractivity contribution in [1.29, 1.82) is 0 Å². The van der Waals surface area contributed by atoms with Gasteiger partial charge in [-0.2, -0.15) is 0 Å². The van der Waals surface area contributed by atoms with Gasteiger partial charge in [0.1, 0.15) is 5.56 Å². The van der Waals surface area contributed by atoms with Crippen LogP contribution in [0, 0.1) is 6.92 Å². The second kappa shape index (κ2) is 7.75. The summed E-state index contributed by atoms with van der Waals surface area (Å²) in [5, 5.41) is 9.42. The standard InChI is InChI=1S/C20H22N2O6/c1-11-4-5-13(19(25)21-11)20(26)22-7-6-12-8-16(27-2)17(28-3)9-14(12)15(22)10-18(23)24/h4-5,8-9,15H,6-7,10H2,1-3H3,(H,21,25)(H,23,24)/t15-/m1/s1. The van der Waals surface area contributed by atoms with Crippen molar-refractivity contribution >= 4 is 11.9 Å². The van der Waals surface area contributed by atoms with Crippen molar-refractivity contribution in [2.24, 2.45) is 0 Å². The molecule has 8 heteroatoms. The van der Waals surface area contributed by atoms with Crippen molar-refractivity contribution in [3.8, 4) is 11.5 Å². The van der Waals surface area contributed by atoms with E-state index in [1.807, 2.05) is 6.07 Å². The number of hydrogen-bond acceptors (Lipinski definition) is 5. The number of H-pyrrole nitrogens is 1. The Morgan fingerprint density at radius 3 is 2.50 bits per heavy atom. The fourth-order valence-electron chi connectivity index (χ4n) is 3.55. The number of nitrogens with one attached hydrogen (secondary N) is 1. The number of carbonyl (C=O) groups is 2. The smallest absolute Gasteiger partial charge is 0.305 e. The van der Waals surface area contributed by atoms with E-state index in [1.165, 1.54) is 25.2 Å². The van der Waals surface area contributed by atoms with E-state index in [0.29, 0.717) is 35.7 Å². The van der Waals surface area contributed by atoms with Gasteiger partial charge in [-0.1, -0.05) is 0 Å². The minimum atomic E-state index is -1.04. The molecule has 0 fully saturated rings. The number of aryl methyl sites for hydroxylation is 1. The third-order valence-electron chi connectivity index (χ3n) is 4.92. The molecule has 1 atom stereocenters. The molecule has 2 aromatic rings. The fourth-order valence-corrected chi connectivity index (χ4v) is 3.55. The van der Waals surface area contributed by atoms with Crippen LogP contribution in [0.25, 0.3) is 0 Å². The number of pyridine rings is 1. The number of amides is 1. The van der Waals surface area contributed by atoms with Crippen LogP contribution in [-0.2, 0) is 11.2 Å². The third-order valence-corrected chi connectivity index (χ3v) is 4.92. The molecule has 0 radical (unpaired) electrons. The minimum Gasteiger partial charge on any atom is -0.493 e. The number of fused-ring (bicyclic) bond motifs is 1. The molecule has 0 saturated carbocycles. The number of benzene rings is 1. The van der Waals surface area contributed by atoms with Crippen LogP contribution in [0.2, 0.25) is 0 Å². The molecular weight excluding hydrogens is 364 g/mol. The van der Waals surface area contributed by atoms with E-state index in [4.69, 9.17) is 9.47 Å². The number of aromatic amines is 1. The maximum Gasteiger partial charge on any atom is 0.305 e. The highest BCUT2D eigenvalue weighted by Gasteiger charge is 2.34. The Morgan fingerprint density at radius 1 is 1.21 bits per heavy atom. The molecule has 8 nitrogen and oxygen atoms in total. The molecular formula is C20H22N2O6. The van der Waals surface area contributed by atoms with E-state index < -0.39 is 23.5 Å². The average Bonchev–Trinajstić information content (AvgIpc) is 2.66. The summed E-state index contributed by atoms with van der Waals surface area (Å²) in [4.78, 5) is 40.9. The zero-order chi connectivity index (χ0) is 20.4. The van der Waals surface area contributed by atoms with E-state index >= 15 is 0 Å². The van der Waals surface area contributed by atoms with Crippen LogP contribution >= 0.6 is 0 Å². The molecule has 0 unspecified atom stereocenters. The maximum atomic E-state index is 13.1. The molecule has 0 aliphatic carbocycles. The number of aliphatic carboxylic acids is 1. The molecule has 1 aliphatic heterocycles. The van der Waals surface area contributed by atoms with Crippen molar-refractivity contribution in [1.82, 2.24) is 9.88 Å². The van der Waals surface area contributed by atoms with Crippen LogP contribution in [0.5, 0.6) is 11.5 Å². The summed E-state index contributed by atoms with van der Waals surface area (Å²) in [6.07, 6.45) is 0.235. The summed E-state index contributed by atoms with van der Waals surface area (Å²) >= 11 is 0. The van der Waals surface area contributed by atoms with Crippen LogP contribution in [0.4, 0.5) is 0 Å². The van der Waals surface area contributed by atoms with Crippen LogP contribution in [0.3, 0.4) is 0 Å². The predicted molar refractivity (Wildman–Crippen MR) is 101 cm³/mol. The van der Waals surface area contributed by atoms with Crippen molar-refractivity contribution in [2.45, 2.75) is 25.8 Å². The number of carboxylic acid groups (broad SMARTS) is 1. The number of rotatable bonds is 5. The first-order valence-electron chi connectivity index (χ1n) is 8.83. The molecule has 3 rings (SSSR count). The lowest BCUT2D eigenvalue weighted by atomic mass is 9.89. The maximum absolute atomic E-state index is 13.1. The van der Waals surface area contributed by atoms with Crippen molar-refractivity contribution < 1.29 is 24.2 Å². The molecule has 28 heavy (non-hydrogen) atoms. The summed E-state index contributed by atoms with van der Waals surface area (Å²) in [6.45, 7) is 2.02. The quantitative estimate of drug-likeness (QED) is 0.813. The lowest BCUT2D eigenvalue weighted by Gasteiger charge is -2.37. The van der Waals surface area contributed by atoms with E-state index in [-0.39, 0.29) is 12.0 Å². The normalized spacial score (nSPS) is 15.7. The topological polar surface area (TPSA) is 109 Å². The van der Waals surface area contributed by atoms with Crippen LogP contribution in [-0.4, -0.2) is 47.6 Å². The summed E-state index contributed by atoms with van der Waals surface area (Å²) in [6, 6.07) is 5.92. The zero-order valence-electron chi connectivity index (χ0n) is 15.9. The third kappa shape index (κ3) is 3.58. The number of methoxy groups -OCH3 is 2. The minimum absolute atomic E-state index is 0.00934. The highest BCUT2D eigenvalue weighted by atomic mass is 16.5. The number of ether oxygens (including phenoxy) is 2. The van der Waals surface area contributed by atoms with Gasteiger partial charge in [-0.3, -0.25) is 14.4 Å². The molecule has 0 bridgehead atoms. The van der Waals surface area contributed by atoms with Gasteiger partial charge in [0.2, 0.25) is 0 Å².